The SMILES string of the molecule is CN(C)c1ccc(C(O)CNS(=O)(=O)c2cccs2)cc1. The highest BCUT2D eigenvalue weighted by Gasteiger charge is 2.17. The molecule has 2 N–H and O–H groups in total. The summed E-state index contributed by atoms with van der Waals surface area (Å²) in [5.41, 5.74) is 1.69. The minimum Gasteiger partial charge on any atom is -0.387 e. The summed E-state index contributed by atoms with van der Waals surface area (Å²) >= 11 is 1.14. The van der Waals surface area contributed by atoms with Crippen LogP contribution in [0.15, 0.2) is 46.0 Å². The molecule has 0 spiro atoms. The first-order chi connectivity index (χ1) is 9.90. The van der Waals surface area contributed by atoms with Gasteiger partial charge in [-0.3, -0.25) is 0 Å². The highest BCUT2D eigenvalue weighted by atomic mass is 32.2. The highest BCUT2D eigenvalue weighted by molar-refractivity contribution is 7.91. The Morgan fingerprint density at radius 3 is 2.43 bits per heavy atom. The summed E-state index contributed by atoms with van der Waals surface area (Å²) in [6.07, 6.45) is -0.879. The highest BCUT2D eigenvalue weighted by Crippen LogP contribution is 2.19. The van der Waals surface area contributed by atoms with E-state index in [1.165, 1.54) is 6.07 Å². The van der Waals surface area contributed by atoms with Crippen molar-refractivity contribution in [3.05, 3.63) is 47.3 Å². The van der Waals surface area contributed by atoms with Crippen LogP contribution in [0.5, 0.6) is 0 Å². The average molecular weight is 326 g/mol. The Bertz CT molecular complexity index is 665. The van der Waals surface area contributed by atoms with Gasteiger partial charge in [-0.25, -0.2) is 13.1 Å². The zero-order valence-corrected chi connectivity index (χ0v) is 13.5. The second kappa shape index (κ2) is 6.57. The van der Waals surface area contributed by atoms with Crippen LogP contribution < -0.4 is 9.62 Å². The molecule has 0 bridgehead atoms. The van der Waals surface area contributed by atoms with Crippen molar-refractivity contribution in [2.24, 2.45) is 0 Å². The molecule has 0 saturated carbocycles. The zero-order chi connectivity index (χ0) is 15.5. The number of rotatable bonds is 6. The molecule has 2 aromatic rings. The number of hydrogen-bond donors (Lipinski definition) is 2. The molecular weight excluding hydrogens is 308 g/mol. The van der Waals surface area contributed by atoms with Crippen molar-refractivity contribution in [1.29, 1.82) is 0 Å². The summed E-state index contributed by atoms with van der Waals surface area (Å²) in [6.45, 7) is -0.0540. The monoisotopic (exact) mass is 326 g/mol. The minimum absolute atomic E-state index is 0.0540. The number of hydrogen-bond acceptors (Lipinski definition) is 5. The van der Waals surface area contributed by atoms with Crippen molar-refractivity contribution >= 4 is 27.0 Å². The van der Waals surface area contributed by atoms with E-state index in [2.05, 4.69) is 4.72 Å². The fraction of sp³-hybridized carbons (Fsp3) is 0.286. The Kier molecular flexibility index (Phi) is 5.00. The van der Waals surface area contributed by atoms with Gasteiger partial charge in [0.2, 0.25) is 10.0 Å². The molecular formula is C14H18N2O3S2. The van der Waals surface area contributed by atoms with Gasteiger partial charge < -0.3 is 10.0 Å². The van der Waals surface area contributed by atoms with Crippen LogP contribution in [0.2, 0.25) is 0 Å². The molecule has 1 aromatic carbocycles. The van der Waals surface area contributed by atoms with Gasteiger partial charge in [0.05, 0.1) is 6.10 Å². The quantitative estimate of drug-likeness (QED) is 0.850. The predicted octanol–water partition coefficient (Wildman–Crippen LogP) is 1.83. The lowest BCUT2D eigenvalue weighted by atomic mass is 10.1. The molecule has 0 fully saturated rings. The van der Waals surface area contributed by atoms with Gasteiger partial charge >= 0.3 is 0 Å². The van der Waals surface area contributed by atoms with E-state index in [0.29, 0.717) is 5.56 Å². The lowest BCUT2D eigenvalue weighted by molar-refractivity contribution is 0.182. The van der Waals surface area contributed by atoms with Gasteiger partial charge in [0, 0.05) is 26.3 Å². The number of benzene rings is 1. The van der Waals surface area contributed by atoms with Crippen LogP contribution in [-0.2, 0) is 10.0 Å². The van der Waals surface area contributed by atoms with Gasteiger partial charge in [-0.05, 0) is 29.1 Å². The number of nitrogens with zero attached hydrogens (tertiary/aromatic N) is 1. The van der Waals surface area contributed by atoms with E-state index in [4.69, 9.17) is 0 Å². The molecule has 1 atom stereocenters. The molecule has 5 nitrogen and oxygen atoms in total. The van der Waals surface area contributed by atoms with Gasteiger partial charge in [0.25, 0.3) is 0 Å². The second-order valence-electron chi connectivity index (χ2n) is 4.79. The average Bonchev–Trinajstić information content (AvgIpc) is 3.00. The van der Waals surface area contributed by atoms with E-state index in [9.17, 15) is 13.5 Å². The van der Waals surface area contributed by atoms with Crippen LogP contribution in [0.3, 0.4) is 0 Å². The fourth-order valence-corrected chi connectivity index (χ4v) is 3.86. The molecule has 0 amide bonds. The van der Waals surface area contributed by atoms with Crippen molar-refractivity contribution in [2.45, 2.75) is 10.3 Å². The van der Waals surface area contributed by atoms with Gasteiger partial charge in [-0.1, -0.05) is 18.2 Å². The van der Waals surface area contributed by atoms with Crippen molar-refractivity contribution < 1.29 is 13.5 Å². The molecule has 2 rings (SSSR count). The first-order valence-corrected chi connectivity index (χ1v) is 8.75. The molecule has 0 aliphatic rings. The number of nitrogens with one attached hydrogen (secondary N) is 1. The first kappa shape index (κ1) is 16.0. The van der Waals surface area contributed by atoms with Crippen molar-refractivity contribution in [2.75, 3.05) is 25.5 Å². The van der Waals surface area contributed by atoms with Gasteiger partial charge in [-0.15, -0.1) is 11.3 Å². The Labute approximate surface area is 128 Å². The van der Waals surface area contributed by atoms with Gasteiger partial charge in [0.1, 0.15) is 4.21 Å². The van der Waals surface area contributed by atoms with Crippen LogP contribution >= 0.6 is 11.3 Å². The van der Waals surface area contributed by atoms with E-state index < -0.39 is 16.1 Å². The molecule has 0 aliphatic heterocycles. The molecule has 1 unspecified atom stereocenters. The van der Waals surface area contributed by atoms with Gasteiger partial charge in [-0.2, -0.15) is 0 Å². The number of anilines is 1. The molecule has 0 radical (unpaired) electrons. The first-order valence-electron chi connectivity index (χ1n) is 6.38. The maximum Gasteiger partial charge on any atom is 0.250 e. The van der Waals surface area contributed by atoms with E-state index >= 15 is 0 Å². The van der Waals surface area contributed by atoms with E-state index in [1.54, 1.807) is 23.6 Å². The van der Waals surface area contributed by atoms with Crippen LogP contribution in [0.4, 0.5) is 5.69 Å². The third kappa shape index (κ3) is 4.04. The maximum atomic E-state index is 12.0. The third-order valence-electron chi connectivity index (χ3n) is 3.02. The molecule has 0 saturated heterocycles. The summed E-state index contributed by atoms with van der Waals surface area (Å²) in [5.74, 6) is 0. The summed E-state index contributed by atoms with van der Waals surface area (Å²) in [7, 11) is 0.321. The van der Waals surface area contributed by atoms with E-state index in [-0.39, 0.29) is 10.8 Å². The van der Waals surface area contributed by atoms with Crippen molar-refractivity contribution in [3.8, 4) is 0 Å². The molecule has 21 heavy (non-hydrogen) atoms. The van der Waals surface area contributed by atoms with Crippen LogP contribution in [0, 0.1) is 0 Å². The number of aliphatic hydroxyl groups excluding tert-OH is 1. The summed E-state index contributed by atoms with van der Waals surface area (Å²) in [4.78, 5) is 1.95. The molecule has 1 heterocycles. The molecule has 114 valence electrons. The Hall–Kier alpha value is -1.41. The summed E-state index contributed by atoms with van der Waals surface area (Å²) < 4.78 is 26.6. The maximum absolute atomic E-state index is 12.0. The van der Waals surface area contributed by atoms with Crippen LogP contribution in [0.1, 0.15) is 11.7 Å². The topological polar surface area (TPSA) is 69.6 Å². The fourth-order valence-electron chi connectivity index (χ4n) is 1.79. The third-order valence-corrected chi connectivity index (χ3v) is 5.84. The molecule has 7 heteroatoms. The Morgan fingerprint density at radius 2 is 1.90 bits per heavy atom. The van der Waals surface area contributed by atoms with Gasteiger partial charge in [0.15, 0.2) is 0 Å². The molecule has 1 aromatic heterocycles. The number of aliphatic hydroxyl groups is 1. The zero-order valence-electron chi connectivity index (χ0n) is 11.9. The Balaban J connectivity index is 2.00. The van der Waals surface area contributed by atoms with Crippen molar-refractivity contribution in [1.82, 2.24) is 4.72 Å². The summed E-state index contributed by atoms with van der Waals surface area (Å²) in [5, 5.41) is 11.8. The molecule has 0 aliphatic carbocycles. The van der Waals surface area contributed by atoms with E-state index in [0.717, 1.165) is 17.0 Å². The minimum atomic E-state index is -3.54. The number of thiophene rings is 1. The lowest BCUT2D eigenvalue weighted by Crippen LogP contribution is -2.28. The van der Waals surface area contributed by atoms with E-state index in [1.807, 2.05) is 31.1 Å². The number of sulfonamides is 1. The smallest absolute Gasteiger partial charge is 0.250 e. The predicted molar refractivity (Wildman–Crippen MR) is 85.2 cm³/mol. The van der Waals surface area contributed by atoms with Crippen LogP contribution in [-0.4, -0.2) is 34.2 Å². The second-order valence-corrected chi connectivity index (χ2v) is 7.73. The standard InChI is InChI=1S/C14H18N2O3S2/c1-16(2)12-7-5-11(6-8-12)13(17)10-15-21(18,19)14-4-3-9-20-14/h3-9,13,15,17H,10H2,1-2H3. The normalized spacial score (nSPS) is 13.1. The Morgan fingerprint density at radius 1 is 1.24 bits per heavy atom. The van der Waals surface area contributed by atoms with Crippen molar-refractivity contribution in [3.63, 3.8) is 0 Å². The summed E-state index contributed by atoms with van der Waals surface area (Å²) in [6, 6.07) is 10.6. The lowest BCUT2D eigenvalue weighted by Gasteiger charge is -2.15. The largest absolute Gasteiger partial charge is 0.387 e. The van der Waals surface area contributed by atoms with Crippen LogP contribution in [0.25, 0.3) is 0 Å².